The Morgan fingerprint density at radius 2 is 2.00 bits per heavy atom. The molecule has 1 amide bonds. The van der Waals surface area contributed by atoms with Gasteiger partial charge in [-0.15, -0.1) is 5.10 Å². The van der Waals surface area contributed by atoms with Gasteiger partial charge in [0.15, 0.2) is 5.82 Å². The molecule has 0 saturated carbocycles. The molecule has 0 aliphatic carbocycles. The maximum atomic E-state index is 12.4. The summed E-state index contributed by atoms with van der Waals surface area (Å²) >= 11 is 0. The van der Waals surface area contributed by atoms with Crippen LogP contribution in [0, 0.1) is 13.8 Å². The van der Waals surface area contributed by atoms with Crippen molar-refractivity contribution in [3.05, 3.63) is 48.3 Å². The van der Waals surface area contributed by atoms with Crippen molar-refractivity contribution in [2.45, 2.75) is 13.8 Å². The molecule has 11 nitrogen and oxygen atoms in total. The van der Waals surface area contributed by atoms with Crippen LogP contribution in [0.5, 0.6) is 0 Å². The summed E-state index contributed by atoms with van der Waals surface area (Å²) in [6.07, 6.45) is 4.20. The summed E-state index contributed by atoms with van der Waals surface area (Å²) in [5, 5.41) is 10.8. The molecule has 0 atom stereocenters. The number of aryl methyl sites for hydroxylation is 2. The quantitative estimate of drug-likeness (QED) is 0.568. The predicted molar refractivity (Wildman–Crippen MR) is 85.2 cm³/mol. The SMILES string of the molecule is Cc1cc(C)n2nc(C(=O)Nc3cc(-n4cncn4)ncn3)nc2n1. The summed E-state index contributed by atoms with van der Waals surface area (Å²) in [5.74, 6) is 0.644. The highest BCUT2D eigenvalue weighted by Gasteiger charge is 2.16. The molecule has 0 spiro atoms. The highest BCUT2D eigenvalue weighted by atomic mass is 16.2. The van der Waals surface area contributed by atoms with E-state index >= 15 is 0 Å². The molecule has 0 bridgehead atoms. The highest BCUT2D eigenvalue weighted by Crippen LogP contribution is 2.10. The van der Waals surface area contributed by atoms with Gasteiger partial charge in [0.05, 0.1) is 0 Å². The molecule has 124 valence electrons. The van der Waals surface area contributed by atoms with Crippen LogP contribution in [0.1, 0.15) is 22.0 Å². The van der Waals surface area contributed by atoms with E-state index in [1.807, 2.05) is 19.9 Å². The van der Waals surface area contributed by atoms with Crippen molar-refractivity contribution in [3.8, 4) is 5.82 Å². The third-order valence-electron chi connectivity index (χ3n) is 3.37. The molecule has 0 aliphatic heterocycles. The molecule has 4 aromatic rings. The number of hydrogen-bond donors (Lipinski definition) is 1. The molecule has 4 heterocycles. The number of aromatic nitrogens is 9. The summed E-state index contributed by atoms with van der Waals surface area (Å²) in [5.41, 5.74) is 1.64. The van der Waals surface area contributed by atoms with Gasteiger partial charge in [0, 0.05) is 17.5 Å². The number of nitrogens with one attached hydrogen (secondary N) is 1. The molecule has 0 fully saturated rings. The highest BCUT2D eigenvalue weighted by molar-refractivity contribution is 6.01. The van der Waals surface area contributed by atoms with Crippen molar-refractivity contribution >= 4 is 17.5 Å². The van der Waals surface area contributed by atoms with Gasteiger partial charge in [0.25, 0.3) is 11.7 Å². The molecule has 0 saturated heterocycles. The second-order valence-corrected chi connectivity index (χ2v) is 5.24. The summed E-state index contributed by atoms with van der Waals surface area (Å²) in [6.45, 7) is 3.72. The smallest absolute Gasteiger partial charge is 0.296 e. The van der Waals surface area contributed by atoms with Gasteiger partial charge in [-0.05, 0) is 19.9 Å². The Balaban J connectivity index is 1.62. The van der Waals surface area contributed by atoms with Crippen LogP contribution >= 0.6 is 0 Å². The van der Waals surface area contributed by atoms with E-state index in [0.717, 1.165) is 11.4 Å². The van der Waals surface area contributed by atoms with Gasteiger partial charge in [-0.2, -0.15) is 10.1 Å². The lowest BCUT2D eigenvalue weighted by Crippen LogP contribution is -2.15. The van der Waals surface area contributed by atoms with E-state index in [9.17, 15) is 4.79 Å². The predicted octanol–water partition coefficient (Wildman–Crippen LogP) is 0.364. The average molecular weight is 336 g/mol. The number of fused-ring (bicyclic) bond motifs is 1. The lowest BCUT2D eigenvalue weighted by atomic mass is 10.4. The molecule has 0 aromatic carbocycles. The number of hydrogen-bond acceptors (Lipinski definition) is 8. The lowest BCUT2D eigenvalue weighted by molar-refractivity contribution is 0.101. The lowest BCUT2D eigenvalue weighted by Gasteiger charge is -2.03. The van der Waals surface area contributed by atoms with Crippen molar-refractivity contribution in [1.29, 1.82) is 0 Å². The van der Waals surface area contributed by atoms with Crippen LogP contribution in [0.3, 0.4) is 0 Å². The van der Waals surface area contributed by atoms with Crippen LogP contribution in [-0.2, 0) is 0 Å². The summed E-state index contributed by atoms with van der Waals surface area (Å²) in [7, 11) is 0. The van der Waals surface area contributed by atoms with Gasteiger partial charge in [-0.25, -0.2) is 29.1 Å². The van der Waals surface area contributed by atoms with Crippen molar-refractivity contribution < 1.29 is 4.79 Å². The van der Waals surface area contributed by atoms with E-state index in [-0.39, 0.29) is 5.82 Å². The molecule has 4 rings (SSSR count). The maximum absolute atomic E-state index is 12.4. The van der Waals surface area contributed by atoms with Crippen LogP contribution in [0.25, 0.3) is 11.6 Å². The van der Waals surface area contributed by atoms with Crippen molar-refractivity contribution in [2.75, 3.05) is 5.32 Å². The average Bonchev–Trinajstić information content (AvgIpc) is 3.24. The fourth-order valence-electron chi connectivity index (χ4n) is 2.30. The summed E-state index contributed by atoms with van der Waals surface area (Å²) in [4.78, 5) is 32.8. The third-order valence-corrected chi connectivity index (χ3v) is 3.37. The van der Waals surface area contributed by atoms with E-state index in [0.29, 0.717) is 17.4 Å². The van der Waals surface area contributed by atoms with Crippen LogP contribution in [0.15, 0.2) is 31.1 Å². The van der Waals surface area contributed by atoms with Crippen molar-refractivity contribution in [3.63, 3.8) is 0 Å². The minimum atomic E-state index is -0.495. The first-order valence-corrected chi connectivity index (χ1v) is 7.29. The van der Waals surface area contributed by atoms with Crippen LogP contribution in [0.4, 0.5) is 5.82 Å². The fraction of sp³-hybridized carbons (Fsp3) is 0.143. The Morgan fingerprint density at radius 3 is 2.80 bits per heavy atom. The largest absolute Gasteiger partial charge is 0.304 e. The molecule has 4 aromatic heterocycles. The molecule has 25 heavy (non-hydrogen) atoms. The van der Waals surface area contributed by atoms with Gasteiger partial charge >= 0.3 is 0 Å². The third kappa shape index (κ3) is 2.78. The Morgan fingerprint density at radius 1 is 1.12 bits per heavy atom. The van der Waals surface area contributed by atoms with Gasteiger partial charge in [0.2, 0.25) is 5.82 Å². The van der Waals surface area contributed by atoms with E-state index in [1.54, 1.807) is 6.07 Å². The first kappa shape index (κ1) is 14.8. The second-order valence-electron chi connectivity index (χ2n) is 5.24. The molecule has 0 radical (unpaired) electrons. The minimum Gasteiger partial charge on any atom is -0.304 e. The number of anilines is 1. The summed E-state index contributed by atoms with van der Waals surface area (Å²) < 4.78 is 2.97. The maximum Gasteiger partial charge on any atom is 0.296 e. The van der Waals surface area contributed by atoms with E-state index in [2.05, 4.69) is 40.4 Å². The second kappa shape index (κ2) is 5.70. The Kier molecular flexibility index (Phi) is 3.38. The first-order valence-electron chi connectivity index (χ1n) is 7.29. The zero-order valence-corrected chi connectivity index (χ0v) is 13.3. The molecule has 0 unspecified atom stereocenters. The number of amides is 1. The first-order chi connectivity index (χ1) is 12.1. The normalized spacial score (nSPS) is 11.0. The van der Waals surface area contributed by atoms with E-state index < -0.39 is 5.91 Å². The standard InChI is InChI=1S/C14H12N10O/c1-8-3-9(2)24-14(19-8)21-12(22-24)13(25)20-10-4-11(17-6-16-10)23-7-15-5-18-23/h3-7H,1-2H3,(H,16,17,20,25). The Bertz CT molecular complexity index is 1070. The molecular weight excluding hydrogens is 324 g/mol. The minimum absolute atomic E-state index is 0.00196. The van der Waals surface area contributed by atoms with Crippen LogP contribution in [0.2, 0.25) is 0 Å². The summed E-state index contributed by atoms with van der Waals surface area (Å²) in [6, 6.07) is 3.42. The topological polar surface area (TPSA) is 129 Å². The zero-order valence-electron chi connectivity index (χ0n) is 13.3. The molecular formula is C14H12N10O. The molecule has 1 N–H and O–H groups in total. The number of carbonyl (C=O) groups excluding carboxylic acids is 1. The van der Waals surface area contributed by atoms with Crippen molar-refractivity contribution in [2.24, 2.45) is 0 Å². The molecule has 0 aliphatic rings. The van der Waals surface area contributed by atoms with Gasteiger partial charge in [-0.3, -0.25) is 4.79 Å². The van der Waals surface area contributed by atoms with E-state index in [1.165, 1.54) is 28.2 Å². The molecule has 11 heteroatoms. The Labute approximate surface area is 140 Å². The van der Waals surface area contributed by atoms with Crippen LogP contribution < -0.4 is 5.32 Å². The number of carbonyl (C=O) groups is 1. The van der Waals surface area contributed by atoms with Gasteiger partial charge in [-0.1, -0.05) is 0 Å². The number of nitrogens with zero attached hydrogens (tertiary/aromatic N) is 9. The number of rotatable bonds is 3. The fourth-order valence-corrected chi connectivity index (χ4v) is 2.30. The van der Waals surface area contributed by atoms with Gasteiger partial charge < -0.3 is 5.32 Å². The zero-order chi connectivity index (χ0) is 17.4. The van der Waals surface area contributed by atoms with Gasteiger partial charge in [0.1, 0.15) is 24.8 Å². The van der Waals surface area contributed by atoms with Crippen LogP contribution in [-0.4, -0.2) is 50.2 Å². The Hall–Kier alpha value is -3.76. The monoisotopic (exact) mass is 336 g/mol. The van der Waals surface area contributed by atoms with Crippen molar-refractivity contribution in [1.82, 2.24) is 44.3 Å². The van der Waals surface area contributed by atoms with E-state index in [4.69, 9.17) is 0 Å².